The molecule has 144 valence electrons. The molecule has 0 aromatic heterocycles. The van der Waals surface area contributed by atoms with Gasteiger partial charge >= 0.3 is 6.03 Å². The van der Waals surface area contributed by atoms with Crippen LogP contribution in [0.25, 0.3) is 0 Å². The molecule has 0 fully saturated rings. The number of hydrogen-bond acceptors (Lipinski definition) is 4. The van der Waals surface area contributed by atoms with Crippen LogP contribution in [0.4, 0.5) is 10.5 Å². The highest BCUT2D eigenvalue weighted by Crippen LogP contribution is 2.30. The second-order valence-electron chi connectivity index (χ2n) is 6.88. The number of ether oxygens (including phenoxy) is 1. The molecule has 6 heteroatoms. The van der Waals surface area contributed by atoms with Crippen molar-refractivity contribution in [3.8, 4) is 5.75 Å². The van der Waals surface area contributed by atoms with E-state index in [9.17, 15) is 10.0 Å². The van der Waals surface area contributed by atoms with Gasteiger partial charge in [0.25, 0.3) is 0 Å². The molecule has 2 amide bonds. The van der Waals surface area contributed by atoms with Crippen molar-refractivity contribution in [3.63, 3.8) is 0 Å². The molecule has 3 rings (SSSR count). The van der Waals surface area contributed by atoms with Crippen molar-refractivity contribution < 1.29 is 14.7 Å². The van der Waals surface area contributed by atoms with Gasteiger partial charge in [-0.25, -0.2) is 9.86 Å². The highest BCUT2D eigenvalue weighted by molar-refractivity contribution is 5.70. The molecule has 0 saturated carbocycles. The monoisotopic (exact) mass is 369 g/mol. The lowest BCUT2D eigenvalue weighted by molar-refractivity contribution is -0.0470. The van der Waals surface area contributed by atoms with Crippen molar-refractivity contribution in [2.75, 3.05) is 18.1 Å². The molecule has 0 saturated heterocycles. The molecule has 0 spiro atoms. The average molecular weight is 369 g/mol. The second kappa shape index (κ2) is 8.77. The Labute approximate surface area is 160 Å². The number of hydrogen-bond donors (Lipinski definition) is 2. The predicted molar refractivity (Wildman–Crippen MR) is 105 cm³/mol. The van der Waals surface area contributed by atoms with Crippen LogP contribution in [0.5, 0.6) is 5.75 Å². The third kappa shape index (κ3) is 4.92. The summed E-state index contributed by atoms with van der Waals surface area (Å²) in [5.74, 6) is 0.913. The Morgan fingerprint density at radius 3 is 2.89 bits per heavy atom. The standard InChI is InChI=1S/C21H27N3O3/c1-2-11-27-19-7-3-5-16(13-19)14-23-10-4-6-18-12-17(8-9-20(18)23)15-24(26)21(22)25/h3,5,7-9,12-13,26H,2,4,6,10-11,14-15H2,1H3,(H2,22,25). The Morgan fingerprint density at radius 2 is 2.11 bits per heavy atom. The zero-order valence-electron chi connectivity index (χ0n) is 15.7. The smallest absolute Gasteiger partial charge is 0.338 e. The molecule has 0 atom stereocenters. The number of carbonyl (C=O) groups excluding carboxylic acids is 1. The largest absolute Gasteiger partial charge is 0.494 e. The molecular weight excluding hydrogens is 342 g/mol. The van der Waals surface area contributed by atoms with Gasteiger partial charge in [-0.15, -0.1) is 0 Å². The van der Waals surface area contributed by atoms with Crippen LogP contribution in [-0.4, -0.2) is 29.5 Å². The van der Waals surface area contributed by atoms with Crippen molar-refractivity contribution in [2.45, 2.75) is 39.3 Å². The summed E-state index contributed by atoms with van der Waals surface area (Å²) < 4.78 is 5.74. The van der Waals surface area contributed by atoms with Gasteiger partial charge in [0, 0.05) is 18.8 Å². The molecule has 27 heavy (non-hydrogen) atoms. The minimum absolute atomic E-state index is 0.0967. The molecule has 2 aromatic carbocycles. The van der Waals surface area contributed by atoms with Crippen LogP contribution < -0.4 is 15.4 Å². The number of aryl methyl sites for hydroxylation is 1. The maximum Gasteiger partial charge on any atom is 0.338 e. The summed E-state index contributed by atoms with van der Waals surface area (Å²) in [6.07, 6.45) is 3.05. The van der Waals surface area contributed by atoms with E-state index in [1.165, 1.54) is 16.8 Å². The van der Waals surface area contributed by atoms with Gasteiger partial charge in [0.05, 0.1) is 13.2 Å². The van der Waals surface area contributed by atoms with Crippen LogP contribution in [-0.2, 0) is 19.5 Å². The van der Waals surface area contributed by atoms with Gasteiger partial charge in [0.2, 0.25) is 0 Å². The lowest BCUT2D eigenvalue weighted by Gasteiger charge is -2.32. The number of primary amides is 1. The summed E-state index contributed by atoms with van der Waals surface area (Å²) in [6, 6.07) is 13.5. The molecule has 6 nitrogen and oxygen atoms in total. The maximum atomic E-state index is 11.0. The van der Waals surface area contributed by atoms with Gasteiger partial charge in [0.1, 0.15) is 5.75 Å². The van der Waals surface area contributed by atoms with Crippen molar-refractivity contribution in [2.24, 2.45) is 5.73 Å². The first kappa shape index (κ1) is 19.0. The predicted octanol–water partition coefficient (Wildman–Crippen LogP) is 3.70. The Balaban J connectivity index is 1.73. The third-order valence-electron chi connectivity index (χ3n) is 4.69. The fourth-order valence-corrected chi connectivity index (χ4v) is 3.42. The van der Waals surface area contributed by atoms with Gasteiger partial charge in [-0.3, -0.25) is 5.21 Å². The second-order valence-corrected chi connectivity index (χ2v) is 6.88. The van der Waals surface area contributed by atoms with E-state index in [4.69, 9.17) is 10.5 Å². The third-order valence-corrected chi connectivity index (χ3v) is 4.69. The molecule has 0 radical (unpaired) electrons. The van der Waals surface area contributed by atoms with E-state index >= 15 is 0 Å². The molecule has 0 bridgehead atoms. The van der Waals surface area contributed by atoms with Crippen molar-refractivity contribution in [3.05, 3.63) is 59.2 Å². The Hall–Kier alpha value is -2.73. The number of nitrogens with two attached hydrogens (primary N) is 1. The van der Waals surface area contributed by atoms with Crippen LogP contribution in [0.1, 0.15) is 36.5 Å². The zero-order chi connectivity index (χ0) is 19.2. The van der Waals surface area contributed by atoms with E-state index in [1.54, 1.807) is 0 Å². The van der Waals surface area contributed by atoms with E-state index in [0.717, 1.165) is 50.3 Å². The van der Waals surface area contributed by atoms with Gasteiger partial charge < -0.3 is 15.4 Å². The van der Waals surface area contributed by atoms with Crippen molar-refractivity contribution in [1.82, 2.24) is 5.06 Å². The number of amides is 2. The summed E-state index contributed by atoms with van der Waals surface area (Å²) in [4.78, 5) is 13.4. The topological polar surface area (TPSA) is 79.0 Å². The maximum absolute atomic E-state index is 11.0. The summed E-state index contributed by atoms with van der Waals surface area (Å²) >= 11 is 0. The van der Waals surface area contributed by atoms with E-state index in [2.05, 4.69) is 36.1 Å². The normalized spacial score (nSPS) is 13.2. The molecular formula is C21H27N3O3. The molecule has 1 aliphatic heterocycles. The van der Waals surface area contributed by atoms with Crippen LogP contribution >= 0.6 is 0 Å². The van der Waals surface area contributed by atoms with Gasteiger partial charge in [-0.1, -0.05) is 31.2 Å². The SMILES string of the molecule is CCCOc1cccc(CN2CCCc3cc(CN(O)C(N)=O)ccc32)c1. The van der Waals surface area contributed by atoms with E-state index in [1.807, 2.05) is 18.2 Å². The average Bonchev–Trinajstić information content (AvgIpc) is 2.66. The number of anilines is 1. The van der Waals surface area contributed by atoms with E-state index in [0.29, 0.717) is 5.06 Å². The number of hydroxylamine groups is 2. The van der Waals surface area contributed by atoms with E-state index < -0.39 is 6.03 Å². The fraction of sp³-hybridized carbons (Fsp3) is 0.381. The number of nitrogens with zero attached hydrogens (tertiary/aromatic N) is 2. The molecule has 2 aromatic rings. The minimum atomic E-state index is -0.848. The summed E-state index contributed by atoms with van der Waals surface area (Å²) in [7, 11) is 0. The number of carbonyl (C=O) groups is 1. The number of benzene rings is 2. The highest BCUT2D eigenvalue weighted by atomic mass is 16.5. The van der Waals surface area contributed by atoms with Crippen LogP contribution in [0, 0.1) is 0 Å². The van der Waals surface area contributed by atoms with Crippen LogP contribution in [0.15, 0.2) is 42.5 Å². The number of urea groups is 1. The summed E-state index contributed by atoms with van der Waals surface area (Å²) in [6.45, 7) is 4.75. The Bertz CT molecular complexity index is 794. The quantitative estimate of drug-likeness (QED) is 0.576. The minimum Gasteiger partial charge on any atom is -0.494 e. The van der Waals surface area contributed by atoms with Crippen molar-refractivity contribution in [1.29, 1.82) is 0 Å². The van der Waals surface area contributed by atoms with E-state index in [-0.39, 0.29) is 6.54 Å². The highest BCUT2D eigenvalue weighted by Gasteiger charge is 2.18. The lowest BCUT2D eigenvalue weighted by Crippen LogP contribution is -2.32. The zero-order valence-corrected chi connectivity index (χ0v) is 15.7. The fourth-order valence-electron chi connectivity index (χ4n) is 3.42. The Kier molecular flexibility index (Phi) is 6.19. The number of fused-ring (bicyclic) bond motifs is 1. The van der Waals surface area contributed by atoms with Crippen LogP contribution in [0.3, 0.4) is 0 Å². The van der Waals surface area contributed by atoms with Crippen LogP contribution in [0.2, 0.25) is 0 Å². The first-order chi connectivity index (χ1) is 13.1. The molecule has 1 heterocycles. The van der Waals surface area contributed by atoms with Crippen molar-refractivity contribution >= 4 is 11.7 Å². The molecule has 3 N–H and O–H groups in total. The van der Waals surface area contributed by atoms with Gasteiger partial charge in [-0.2, -0.15) is 0 Å². The Morgan fingerprint density at radius 1 is 1.26 bits per heavy atom. The molecule has 0 unspecified atom stereocenters. The molecule has 0 aliphatic carbocycles. The first-order valence-electron chi connectivity index (χ1n) is 9.41. The molecule has 1 aliphatic rings. The summed E-state index contributed by atoms with van der Waals surface area (Å²) in [5, 5.41) is 10.1. The first-order valence-corrected chi connectivity index (χ1v) is 9.41. The van der Waals surface area contributed by atoms with Gasteiger partial charge in [-0.05, 0) is 54.2 Å². The summed E-state index contributed by atoms with van der Waals surface area (Å²) in [5.41, 5.74) is 9.61. The van der Waals surface area contributed by atoms with Gasteiger partial charge in [0.15, 0.2) is 0 Å². The lowest BCUT2D eigenvalue weighted by atomic mass is 9.98. The number of rotatable bonds is 7.